The van der Waals surface area contributed by atoms with E-state index in [1.165, 1.54) is 19.4 Å². The molecule has 0 atom stereocenters. The quantitative estimate of drug-likeness (QED) is 0.491. The highest BCUT2D eigenvalue weighted by atomic mass is 32.2. The van der Waals surface area contributed by atoms with Crippen LogP contribution in [0.25, 0.3) is 0 Å². The van der Waals surface area contributed by atoms with Gasteiger partial charge >= 0.3 is 0 Å². The number of hydrogen-bond donors (Lipinski definition) is 2. The van der Waals surface area contributed by atoms with Gasteiger partial charge in [0.2, 0.25) is 0 Å². The van der Waals surface area contributed by atoms with E-state index in [1.807, 2.05) is 18.7 Å². The predicted octanol–water partition coefficient (Wildman–Crippen LogP) is 4.50. The Morgan fingerprint density at radius 1 is 1.09 bits per heavy atom. The van der Waals surface area contributed by atoms with Gasteiger partial charge in [-0.3, -0.25) is 9.52 Å². The highest BCUT2D eigenvalue weighted by Gasteiger charge is 2.24. The molecule has 1 amide bonds. The fourth-order valence-corrected chi connectivity index (χ4v) is 4.68. The number of furan rings is 1. The minimum absolute atomic E-state index is 0.0427. The van der Waals surface area contributed by atoms with Crippen LogP contribution in [0, 0.1) is 6.92 Å². The second kappa shape index (κ2) is 9.78. The summed E-state index contributed by atoms with van der Waals surface area (Å²) in [6, 6.07) is 13.3. The number of para-hydroxylation sites is 2. The van der Waals surface area contributed by atoms with Crippen LogP contribution < -0.4 is 19.7 Å². The Morgan fingerprint density at radius 3 is 2.44 bits per heavy atom. The van der Waals surface area contributed by atoms with Gasteiger partial charge in [-0.15, -0.1) is 0 Å². The largest absolute Gasteiger partial charge is 0.495 e. The zero-order valence-electron chi connectivity index (χ0n) is 18.5. The minimum atomic E-state index is -4.01. The third kappa shape index (κ3) is 4.88. The molecule has 0 bridgehead atoms. The standard InChI is InChI=1S/C23H27N3O5S/c1-5-26(6-2)19-12-11-17(24-23(27)22-16(3)13-14-31-22)15-21(19)32(28,29)25-18-9-7-8-10-20(18)30-4/h7-15,25H,5-6H2,1-4H3,(H,24,27). The second-order valence-corrected chi connectivity index (χ2v) is 8.70. The van der Waals surface area contributed by atoms with Crippen LogP contribution in [0.5, 0.6) is 5.75 Å². The molecule has 32 heavy (non-hydrogen) atoms. The Labute approximate surface area is 188 Å². The zero-order valence-corrected chi connectivity index (χ0v) is 19.3. The average Bonchev–Trinajstić information content (AvgIpc) is 3.21. The van der Waals surface area contributed by atoms with Crippen LogP contribution in [0.2, 0.25) is 0 Å². The van der Waals surface area contributed by atoms with Crippen molar-refractivity contribution in [3.05, 3.63) is 66.1 Å². The van der Waals surface area contributed by atoms with Crippen LogP contribution in [0.1, 0.15) is 30.0 Å². The van der Waals surface area contributed by atoms with Gasteiger partial charge in [-0.1, -0.05) is 12.1 Å². The Balaban J connectivity index is 2.03. The first kappa shape index (κ1) is 23.2. The lowest BCUT2D eigenvalue weighted by molar-refractivity contribution is 0.0996. The van der Waals surface area contributed by atoms with Crippen LogP contribution in [0.15, 0.2) is 64.1 Å². The number of sulfonamides is 1. The van der Waals surface area contributed by atoms with Crippen molar-refractivity contribution in [2.24, 2.45) is 0 Å². The highest BCUT2D eigenvalue weighted by molar-refractivity contribution is 7.93. The molecule has 0 aliphatic heterocycles. The van der Waals surface area contributed by atoms with E-state index < -0.39 is 15.9 Å². The second-order valence-electron chi connectivity index (χ2n) is 7.05. The first-order valence-electron chi connectivity index (χ1n) is 10.2. The molecule has 0 unspecified atom stereocenters. The van der Waals surface area contributed by atoms with E-state index >= 15 is 0 Å². The Kier molecular flexibility index (Phi) is 7.09. The number of nitrogens with one attached hydrogen (secondary N) is 2. The SMILES string of the molecule is CCN(CC)c1ccc(NC(=O)c2occc2C)cc1S(=O)(=O)Nc1ccccc1OC. The molecule has 0 fully saturated rings. The number of methoxy groups -OCH3 is 1. The maximum Gasteiger partial charge on any atom is 0.291 e. The lowest BCUT2D eigenvalue weighted by atomic mass is 10.2. The van der Waals surface area contributed by atoms with Gasteiger partial charge in [0.25, 0.3) is 15.9 Å². The van der Waals surface area contributed by atoms with Crippen molar-refractivity contribution in [2.75, 3.05) is 35.1 Å². The molecule has 8 nitrogen and oxygen atoms in total. The summed E-state index contributed by atoms with van der Waals surface area (Å²) in [6.07, 6.45) is 1.43. The number of rotatable bonds is 9. The fourth-order valence-electron chi connectivity index (χ4n) is 3.35. The van der Waals surface area contributed by atoms with Crippen molar-refractivity contribution in [3.63, 3.8) is 0 Å². The number of amides is 1. The molecule has 1 aromatic heterocycles. The third-order valence-electron chi connectivity index (χ3n) is 5.03. The number of carbonyl (C=O) groups is 1. The van der Waals surface area contributed by atoms with E-state index in [-0.39, 0.29) is 10.7 Å². The van der Waals surface area contributed by atoms with E-state index in [1.54, 1.807) is 49.4 Å². The summed E-state index contributed by atoms with van der Waals surface area (Å²) < 4.78 is 40.0. The van der Waals surface area contributed by atoms with Gasteiger partial charge in [0.15, 0.2) is 5.76 Å². The van der Waals surface area contributed by atoms with Crippen LogP contribution in [-0.4, -0.2) is 34.5 Å². The van der Waals surface area contributed by atoms with E-state index in [4.69, 9.17) is 9.15 Å². The highest BCUT2D eigenvalue weighted by Crippen LogP contribution is 2.32. The molecule has 0 aliphatic rings. The summed E-state index contributed by atoms with van der Waals surface area (Å²) in [5.74, 6) is 0.122. The molecule has 170 valence electrons. The number of benzene rings is 2. The zero-order chi connectivity index (χ0) is 23.3. The van der Waals surface area contributed by atoms with Crippen LogP contribution in [-0.2, 0) is 10.0 Å². The van der Waals surface area contributed by atoms with Crippen LogP contribution >= 0.6 is 0 Å². The first-order valence-corrected chi connectivity index (χ1v) is 11.7. The lowest BCUT2D eigenvalue weighted by Crippen LogP contribution is -2.26. The number of ether oxygens (including phenoxy) is 1. The van der Waals surface area contributed by atoms with Crippen molar-refractivity contribution < 1.29 is 22.4 Å². The van der Waals surface area contributed by atoms with Gasteiger partial charge in [0, 0.05) is 24.3 Å². The van der Waals surface area contributed by atoms with Crippen molar-refractivity contribution in [3.8, 4) is 5.75 Å². The number of nitrogens with zero attached hydrogens (tertiary/aromatic N) is 1. The molecule has 0 saturated heterocycles. The molecule has 9 heteroatoms. The summed E-state index contributed by atoms with van der Waals surface area (Å²) >= 11 is 0. The monoisotopic (exact) mass is 457 g/mol. The number of aryl methyl sites for hydroxylation is 1. The van der Waals surface area contributed by atoms with Gasteiger partial charge in [-0.05, 0) is 57.2 Å². The molecule has 0 spiro atoms. The molecule has 0 saturated carbocycles. The van der Waals surface area contributed by atoms with E-state index in [0.717, 1.165) is 0 Å². The molecule has 2 aromatic carbocycles. The number of anilines is 3. The smallest absolute Gasteiger partial charge is 0.291 e. The third-order valence-corrected chi connectivity index (χ3v) is 6.43. The number of hydrogen-bond acceptors (Lipinski definition) is 6. The van der Waals surface area contributed by atoms with Crippen molar-refractivity contribution in [1.82, 2.24) is 0 Å². The summed E-state index contributed by atoms with van der Waals surface area (Å²) in [4.78, 5) is 14.5. The fraction of sp³-hybridized carbons (Fsp3) is 0.261. The summed E-state index contributed by atoms with van der Waals surface area (Å²) in [7, 11) is -2.53. The molecule has 3 rings (SSSR count). The molecule has 1 heterocycles. The molecular weight excluding hydrogens is 430 g/mol. The van der Waals surface area contributed by atoms with E-state index in [2.05, 4.69) is 10.0 Å². The molecule has 3 aromatic rings. The Hall–Kier alpha value is -3.46. The topological polar surface area (TPSA) is 101 Å². The molecule has 0 radical (unpaired) electrons. The van der Waals surface area contributed by atoms with Gasteiger partial charge in [-0.2, -0.15) is 0 Å². The number of carbonyl (C=O) groups excluding carboxylic acids is 1. The predicted molar refractivity (Wildman–Crippen MR) is 125 cm³/mol. The van der Waals surface area contributed by atoms with Gasteiger partial charge in [-0.25, -0.2) is 8.42 Å². The van der Waals surface area contributed by atoms with Crippen LogP contribution in [0.4, 0.5) is 17.1 Å². The van der Waals surface area contributed by atoms with Crippen molar-refractivity contribution in [1.29, 1.82) is 0 Å². The maximum atomic E-state index is 13.4. The minimum Gasteiger partial charge on any atom is -0.495 e. The van der Waals surface area contributed by atoms with Gasteiger partial charge < -0.3 is 19.4 Å². The Bertz CT molecular complexity index is 1200. The van der Waals surface area contributed by atoms with E-state index in [9.17, 15) is 13.2 Å². The first-order chi connectivity index (χ1) is 15.3. The molecular formula is C23H27N3O5S. The molecule has 0 aliphatic carbocycles. The summed E-state index contributed by atoms with van der Waals surface area (Å²) in [6.45, 7) is 6.89. The van der Waals surface area contributed by atoms with Crippen molar-refractivity contribution in [2.45, 2.75) is 25.7 Å². The maximum absolute atomic E-state index is 13.4. The Morgan fingerprint density at radius 2 is 1.81 bits per heavy atom. The average molecular weight is 458 g/mol. The van der Waals surface area contributed by atoms with Crippen LogP contribution in [0.3, 0.4) is 0 Å². The summed E-state index contributed by atoms with van der Waals surface area (Å²) in [5.41, 5.74) is 1.88. The normalized spacial score (nSPS) is 11.1. The molecule has 2 N–H and O–H groups in total. The lowest BCUT2D eigenvalue weighted by Gasteiger charge is -2.25. The van der Waals surface area contributed by atoms with E-state index in [0.29, 0.717) is 41.5 Å². The summed E-state index contributed by atoms with van der Waals surface area (Å²) in [5, 5.41) is 2.72. The van der Waals surface area contributed by atoms with Gasteiger partial charge in [0.1, 0.15) is 10.6 Å². The van der Waals surface area contributed by atoms with Crippen molar-refractivity contribution >= 4 is 33.0 Å². The van der Waals surface area contributed by atoms with Gasteiger partial charge in [0.05, 0.1) is 24.7 Å².